The van der Waals surface area contributed by atoms with Crippen molar-refractivity contribution in [3.63, 3.8) is 0 Å². The second-order valence-corrected chi connectivity index (χ2v) is 10.7. The molecule has 1 heterocycles. The highest BCUT2D eigenvalue weighted by Crippen LogP contribution is 2.56. The molecule has 0 amide bonds. The summed E-state index contributed by atoms with van der Waals surface area (Å²) < 4.78 is 29.5. The van der Waals surface area contributed by atoms with E-state index in [1.54, 1.807) is 0 Å². The summed E-state index contributed by atoms with van der Waals surface area (Å²) in [5.41, 5.74) is -1.23. The van der Waals surface area contributed by atoms with Gasteiger partial charge in [0, 0.05) is 26.7 Å². The third kappa shape index (κ3) is 8.85. The van der Waals surface area contributed by atoms with Gasteiger partial charge in [0.05, 0.1) is 11.2 Å². The Balaban J connectivity index is 2.96. The van der Waals surface area contributed by atoms with Crippen LogP contribution in [0.5, 0.6) is 0 Å². The molecule has 0 aromatic carbocycles. The van der Waals surface area contributed by atoms with E-state index in [4.69, 9.17) is 9.05 Å². The lowest BCUT2D eigenvalue weighted by atomic mass is 10.2. The first-order valence-corrected chi connectivity index (χ1v) is 10.9. The van der Waals surface area contributed by atoms with Crippen molar-refractivity contribution >= 4 is 13.7 Å². The van der Waals surface area contributed by atoms with E-state index in [9.17, 15) is 4.57 Å². The topological polar surface area (TPSA) is 57.6 Å². The molecular weight excluding hydrogens is 351 g/mol. The van der Waals surface area contributed by atoms with Crippen LogP contribution >= 0.6 is 7.75 Å². The van der Waals surface area contributed by atoms with Crippen molar-refractivity contribution in [2.45, 2.75) is 65.6 Å². The van der Waals surface area contributed by atoms with Crippen LogP contribution in [0, 0.1) is 0 Å². The van der Waals surface area contributed by atoms with Gasteiger partial charge in [-0.2, -0.15) is 0 Å². The molecule has 1 rings (SSSR count). The zero-order valence-electron chi connectivity index (χ0n) is 18.2. The number of rotatable bonds is 8. The lowest BCUT2D eigenvalue weighted by Gasteiger charge is -2.30. The molecule has 0 unspecified atom stereocenters. The van der Waals surface area contributed by atoms with Crippen LogP contribution in [-0.2, 0) is 13.6 Å². The molecule has 1 fully saturated rings. The molecule has 0 spiro atoms. The molecule has 1 aliphatic heterocycles. The van der Waals surface area contributed by atoms with E-state index in [2.05, 4.69) is 28.7 Å². The van der Waals surface area contributed by atoms with Gasteiger partial charge in [0.1, 0.15) is 0 Å². The fourth-order valence-corrected chi connectivity index (χ4v) is 4.66. The molecule has 0 aromatic rings. The van der Waals surface area contributed by atoms with Crippen molar-refractivity contribution in [1.29, 1.82) is 0 Å². The van der Waals surface area contributed by atoms with Gasteiger partial charge in [-0.1, -0.05) is 0 Å². The lowest BCUT2D eigenvalue weighted by Crippen LogP contribution is -2.33. The Labute approximate surface area is 160 Å². The van der Waals surface area contributed by atoms with Gasteiger partial charge >= 0.3 is 7.75 Å². The molecule has 0 N–H and O–H groups in total. The third-order valence-electron chi connectivity index (χ3n) is 3.60. The van der Waals surface area contributed by atoms with Gasteiger partial charge in [-0.05, 0) is 75.0 Å². The van der Waals surface area contributed by atoms with Crippen LogP contribution in [0.2, 0.25) is 0 Å². The van der Waals surface area contributed by atoms with Crippen LogP contribution in [0.15, 0.2) is 4.76 Å². The second kappa shape index (κ2) is 9.05. The maximum absolute atomic E-state index is 13.4. The smallest absolute Gasteiger partial charge is 0.344 e. The Kier molecular flexibility index (Phi) is 8.15. The molecule has 0 radical (unpaired) electrons. The van der Waals surface area contributed by atoms with Crippen molar-refractivity contribution in [3.8, 4) is 0 Å². The normalized spacial score (nSPS) is 18.5. The van der Waals surface area contributed by atoms with Gasteiger partial charge in [0.25, 0.3) is 0 Å². The molecule has 0 atom stereocenters. The quantitative estimate of drug-likeness (QED) is 0.466. The summed E-state index contributed by atoms with van der Waals surface area (Å²) >= 11 is 0. The molecular formula is C18H39N4O3P. The van der Waals surface area contributed by atoms with Crippen molar-refractivity contribution in [3.05, 3.63) is 0 Å². The van der Waals surface area contributed by atoms with Crippen LogP contribution in [0.4, 0.5) is 0 Å². The summed E-state index contributed by atoms with van der Waals surface area (Å²) in [7, 11) is 2.49. The molecule has 7 nitrogen and oxygen atoms in total. The molecule has 0 bridgehead atoms. The maximum Gasteiger partial charge on any atom is 0.458 e. The summed E-state index contributed by atoms with van der Waals surface area (Å²) in [5.74, 6) is 0.701. The summed E-state index contributed by atoms with van der Waals surface area (Å²) in [5, 5.41) is 0. The van der Waals surface area contributed by atoms with Gasteiger partial charge in [-0.3, -0.25) is 9.05 Å². The fourth-order valence-electron chi connectivity index (χ4n) is 2.66. The number of guanidine groups is 1. The SMILES string of the molecule is CN(C)CCCCN1CCN(C)C1=NP(=O)(OC(C)(C)C)OC(C)(C)C. The highest BCUT2D eigenvalue weighted by atomic mass is 31.2. The summed E-state index contributed by atoms with van der Waals surface area (Å²) in [4.78, 5) is 6.39. The van der Waals surface area contributed by atoms with Crippen LogP contribution in [0.3, 0.4) is 0 Å². The van der Waals surface area contributed by atoms with Gasteiger partial charge in [-0.15, -0.1) is 4.76 Å². The molecule has 8 heteroatoms. The van der Waals surface area contributed by atoms with E-state index in [1.807, 2.05) is 53.5 Å². The van der Waals surface area contributed by atoms with E-state index in [0.29, 0.717) is 5.96 Å². The Hall–Kier alpha value is -0.620. The predicted molar refractivity (Wildman–Crippen MR) is 109 cm³/mol. The van der Waals surface area contributed by atoms with E-state index < -0.39 is 18.9 Å². The standard InChI is InChI=1S/C18H39N4O3P/c1-17(2,3)24-26(23,25-18(4,5)6)19-16-21(9)14-15-22(16)13-11-10-12-20(7)8/h10-15H2,1-9H3. The van der Waals surface area contributed by atoms with Crippen molar-refractivity contribution < 1.29 is 13.6 Å². The lowest BCUT2D eigenvalue weighted by molar-refractivity contribution is 0.0493. The van der Waals surface area contributed by atoms with Crippen LogP contribution < -0.4 is 0 Å². The number of hydrogen-bond acceptors (Lipinski definition) is 4. The van der Waals surface area contributed by atoms with Gasteiger partial charge in [0.2, 0.25) is 5.96 Å². The molecule has 0 aliphatic carbocycles. The predicted octanol–water partition coefficient (Wildman–Crippen LogP) is 3.67. The largest absolute Gasteiger partial charge is 0.458 e. The zero-order valence-corrected chi connectivity index (χ0v) is 19.1. The number of unbranched alkanes of at least 4 members (excludes halogenated alkanes) is 1. The van der Waals surface area contributed by atoms with Crippen LogP contribution in [-0.4, -0.2) is 79.2 Å². The second-order valence-electron chi connectivity index (χ2n) is 9.19. The van der Waals surface area contributed by atoms with Crippen molar-refractivity contribution in [1.82, 2.24) is 14.7 Å². The van der Waals surface area contributed by atoms with E-state index in [0.717, 1.165) is 39.0 Å². The molecule has 1 aliphatic rings. The highest BCUT2D eigenvalue weighted by Gasteiger charge is 2.38. The van der Waals surface area contributed by atoms with E-state index in [-0.39, 0.29) is 0 Å². The maximum atomic E-state index is 13.4. The van der Waals surface area contributed by atoms with Gasteiger partial charge < -0.3 is 14.7 Å². The van der Waals surface area contributed by atoms with Gasteiger partial charge in [-0.25, -0.2) is 4.57 Å². The van der Waals surface area contributed by atoms with Crippen LogP contribution in [0.25, 0.3) is 0 Å². The molecule has 154 valence electrons. The minimum Gasteiger partial charge on any atom is -0.344 e. The molecule has 0 aromatic heterocycles. The Morgan fingerprint density at radius 2 is 1.58 bits per heavy atom. The Morgan fingerprint density at radius 1 is 1.04 bits per heavy atom. The van der Waals surface area contributed by atoms with E-state index in [1.165, 1.54) is 0 Å². The highest BCUT2D eigenvalue weighted by molar-refractivity contribution is 7.52. The number of hydrogen-bond donors (Lipinski definition) is 0. The van der Waals surface area contributed by atoms with Crippen LogP contribution in [0.1, 0.15) is 54.4 Å². The fraction of sp³-hybridized carbons (Fsp3) is 0.944. The minimum atomic E-state index is -3.64. The van der Waals surface area contributed by atoms with Crippen molar-refractivity contribution in [2.75, 3.05) is 47.3 Å². The first kappa shape index (κ1) is 23.4. The number of nitrogens with zero attached hydrogens (tertiary/aromatic N) is 4. The third-order valence-corrected chi connectivity index (χ3v) is 5.58. The number of likely N-dealkylation sites (N-methyl/N-ethyl adjacent to an activating group) is 1. The average Bonchev–Trinajstić information content (AvgIpc) is 2.71. The monoisotopic (exact) mass is 390 g/mol. The van der Waals surface area contributed by atoms with Gasteiger partial charge in [0.15, 0.2) is 0 Å². The summed E-state index contributed by atoms with van der Waals surface area (Å²) in [6, 6.07) is 0. The first-order valence-electron chi connectivity index (χ1n) is 9.43. The molecule has 0 saturated carbocycles. The Bertz CT molecular complexity index is 504. The molecule has 26 heavy (non-hydrogen) atoms. The average molecular weight is 391 g/mol. The molecule has 1 saturated heterocycles. The summed E-state index contributed by atoms with van der Waals surface area (Å²) in [6.07, 6.45) is 2.19. The van der Waals surface area contributed by atoms with E-state index >= 15 is 0 Å². The Morgan fingerprint density at radius 3 is 2.04 bits per heavy atom. The minimum absolute atomic E-state index is 0.613. The first-order chi connectivity index (χ1) is 11.7. The zero-order chi connectivity index (χ0) is 20.2. The summed E-state index contributed by atoms with van der Waals surface area (Å²) in [6.45, 7) is 14.9. The van der Waals surface area contributed by atoms with Crippen molar-refractivity contribution in [2.24, 2.45) is 4.76 Å².